The third-order valence-electron chi connectivity index (χ3n) is 4.87. The summed E-state index contributed by atoms with van der Waals surface area (Å²) in [6.07, 6.45) is 2.53. The third-order valence-corrected chi connectivity index (χ3v) is 6.42. The number of rotatable bonds is 5. The summed E-state index contributed by atoms with van der Waals surface area (Å²) in [6, 6.07) is 9.25. The number of benzene rings is 2. The van der Waals surface area contributed by atoms with Gasteiger partial charge in [0, 0.05) is 29.4 Å². The first kappa shape index (κ1) is 19.3. The number of carbonyl (C=O) groups is 2. The predicted molar refractivity (Wildman–Crippen MR) is 102 cm³/mol. The molecule has 0 radical (unpaired) electrons. The molecule has 3 rings (SSSR count). The summed E-state index contributed by atoms with van der Waals surface area (Å²) >= 11 is 0. The van der Waals surface area contributed by atoms with Crippen LogP contribution in [0.15, 0.2) is 41.3 Å². The number of sulfonamides is 1. The van der Waals surface area contributed by atoms with Gasteiger partial charge in [0.15, 0.2) is 0 Å². The lowest BCUT2D eigenvalue weighted by Crippen LogP contribution is -2.45. The van der Waals surface area contributed by atoms with Crippen molar-refractivity contribution in [3.8, 4) is 0 Å². The molecule has 0 heterocycles. The highest BCUT2D eigenvalue weighted by atomic mass is 32.2. The molecule has 0 aliphatic heterocycles. The second-order valence-corrected chi connectivity index (χ2v) is 8.48. The van der Waals surface area contributed by atoms with Crippen molar-refractivity contribution in [1.29, 1.82) is 0 Å². The highest BCUT2D eigenvalue weighted by Crippen LogP contribution is 2.31. The van der Waals surface area contributed by atoms with E-state index in [2.05, 4.69) is 10.0 Å². The highest BCUT2D eigenvalue weighted by molar-refractivity contribution is 7.89. The van der Waals surface area contributed by atoms with Crippen molar-refractivity contribution in [2.45, 2.75) is 43.5 Å². The van der Waals surface area contributed by atoms with Gasteiger partial charge in [0.1, 0.15) is 0 Å². The zero-order valence-corrected chi connectivity index (χ0v) is 15.8. The van der Waals surface area contributed by atoms with Crippen LogP contribution in [0.2, 0.25) is 0 Å². The van der Waals surface area contributed by atoms with E-state index in [0.717, 1.165) is 12.8 Å². The minimum atomic E-state index is -3.92. The molecular weight excluding hydrogens is 368 g/mol. The number of carbonyl (C=O) groups excluding carboxylic acids is 1. The lowest BCUT2D eigenvalue weighted by Gasteiger charge is -2.29. The molecule has 0 saturated heterocycles. The van der Waals surface area contributed by atoms with Crippen LogP contribution < -0.4 is 10.0 Å². The zero-order chi connectivity index (χ0) is 19.6. The Morgan fingerprint density at radius 1 is 1.04 bits per heavy atom. The van der Waals surface area contributed by atoms with Crippen molar-refractivity contribution in [3.05, 3.63) is 36.4 Å². The number of anilines is 1. The zero-order valence-electron chi connectivity index (χ0n) is 14.9. The molecule has 2 atom stereocenters. The molecular formula is C19H22N2O5S. The van der Waals surface area contributed by atoms with Gasteiger partial charge in [-0.15, -0.1) is 0 Å². The molecule has 2 aromatic carbocycles. The van der Waals surface area contributed by atoms with Gasteiger partial charge in [-0.2, -0.15) is 0 Å². The highest BCUT2D eigenvalue weighted by Gasteiger charge is 2.34. The third kappa shape index (κ3) is 4.12. The van der Waals surface area contributed by atoms with Gasteiger partial charge in [-0.1, -0.05) is 37.1 Å². The number of carboxylic acid groups (broad SMARTS) is 1. The van der Waals surface area contributed by atoms with Gasteiger partial charge in [-0.25, -0.2) is 13.1 Å². The molecule has 0 spiro atoms. The van der Waals surface area contributed by atoms with Crippen molar-refractivity contribution in [1.82, 2.24) is 4.72 Å². The molecule has 3 N–H and O–H groups in total. The van der Waals surface area contributed by atoms with Crippen LogP contribution in [-0.4, -0.2) is 31.4 Å². The monoisotopic (exact) mass is 390 g/mol. The Morgan fingerprint density at radius 3 is 2.37 bits per heavy atom. The quantitative estimate of drug-likeness (QED) is 0.727. The number of hydrogen-bond donors (Lipinski definition) is 3. The number of hydrogen-bond acceptors (Lipinski definition) is 4. The van der Waals surface area contributed by atoms with E-state index in [1.165, 1.54) is 13.0 Å². The average Bonchev–Trinajstić information content (AvgIpc) is 2.61. The van der Waals surface area contributed by atoms with E-state index in [4.69, 9.17) is 0 Å². The van der Waals surface area contributed by atoms with Crippen LogP contribution >= 0.6 is 0 Å². The van der Waals surface area contributed by atoms with Crippen molar-refractivity contribution in [2.24, 2.45) is 5.92 Å². The van der Waals surface area contributed by atoms with E-state index in [1.807, 2.05) is 0 Å². The van der Waals surface area contributed by atoms with E-state index in [-0.39, 0.29) is 10.8 Å². The summed E-state index contributed by atoms with van der Waals surface area (Å²) in [7, 11) is -3.92. The van der Waals surface area contributed by atoms with Crippen LogP contribution in [0, 0.1) is 5.92 Å². The van der Waals surface area contributed by atoms with Crippen LogP contribution in [0.25, 0.3) is 10.8 Å². The Hall–Kier alpha value is -2.45. The average molecular weight is 390 g/mol. The Labute approximate surface area is 157 Å². The predicted octanol–water partition coefficient (Wildman–Crippen LogP) is 2.72. The molecule has 1 aliphatic rings. The van der Waals surface area contributed by atoms with Gasteiger partial charge in [-0.05, 0) is 25.0 Å². The molecule has 8 heteroatoms. The maximum absolute atomic E-state index is 13.0. The van der Waals surface area contributed by atoms with Gasteiger partial charge >= 0.3 is 5.97 Å². The molecule has 7 nitrogen and oxygen atoms in total. The number of fused-ring (bicyclic) bond motifs is 1. The Morgan fingerprint density at radius 2 is 1.70 bits per heavy atom. The van der Waals surface area contributed by atoms with E-state index in [0.29, 0.717) is 29.3 Å². The van der Waals surface area contributed by atoms with Crippen LogP contribution in [-0.2, 0) is 19.6 Å². The van der Waals surface area contributed by atoms with Crippen LogP contribution in [0.4, 0.5) is 5.69 Å². The standard InChI is InChI=1S/C19H22N2O5S/c1-12(22)20-16-10-11-18(14-7-3-2-6-13(14)16)27(25,26)21-17-9-5-4-8-15(17)19(23)24/h2-3,6-7,10-11,15,17,21H,4-5,8-9H2,1H3,(H,20,22)(H,23,24). The molecule has 0 aromatic heterocycles. The first-order valence-electron chi connectivity index (χ1n) is 8.84. The first-order valence-corrected chi connectivity index (χ1v) is 10.3. The largest absolute Gasteiger partial charge is 0.481 e. The second kappa shape index (κ2) is 7.66. The minimum Gasteiger partial charge on any atom is -0.481 e. The van der Waals surface area contributed by atoms with Crippen LogP contribution in [0.3, 0.4) is 0 Å². The first-order chi connectivity index (χ1) is 12.8. The lowest BCUT2D eigenvalue weighted by atomic mass is 9.85. The smallest absolute Gasteiger partial charge is 0.308 e. The molecule has 0 bridgehead atoms. The molecule has 1 amide bonds. The maximum Gasteiger partial charge on any atom is 0.308 e. The molecule has 2 aromatic rings. The normalized spacial score (nSPS) is 20.3. The molecule has 1 fully saturated rings. The summed E-state index contributed by atoms with van der Waals surface area (Å²) in [5, 5.41) is 13.2. The summed E-state index contributed by atoms with van der Waals surface area (Å²) in [6.45, 7) is 1.39. The van der Waals surface area contributed by atoms with Crippen LogP contribution in [0.5, 0.6) is 0 Å². The van der Waals surface area contributed by atoms with Crippen molar-refractivity contribution in [2.75, 3.05) is 5.32 Å². The van der Waals surface area contributed by atoms with Gasteiger partial charge in [0.05, 0.1) is 10.8 Å². The SMILES string of the molecule is CC(=O)Nc1ccc(S(=O)(=O)NC2CCCCC2C(=O)O)c2ccccc12. The molecule has 1 saturated carbocycles. The van der Waals surface area contributed by atoms with E-state index >= 15 is 0 Å². The van der Waals surface area contributed by atoms with E-state index in [1.54, 1.807) is 30.3 Å². The number of amides is 1. The maximum atomic E-state index is 13.0. The molecule has 27 heavy (non-hydrogen) atoms. The molecule has 2 unspecified atom stereocenters. The Bertz CT molecular complexity index is 987. The summed E-state index contributed by atoms with van der Waals surface area (Å²) in [5.74, 6) is -1.95. The minimum absolute atomic E-state index is 0.0712. The number of aliphatic carboxylic acids is 1. The second-order valence-electron chi connectivity index (χ2n) is 6.79. The number of carboxylic acids is 1. The van der Waals surface area contributed by atoms with Crippen molar-refractivity contribution >= 4 is 38.4 Å². The topological polar surface area (TPSA) is 113 Å². The summed E-state index contributed by atoms with van der Waals surface area (Å²) in [4.78, 5) is 22.9. The fourth-order valence-electron chi connectivity index (χ4n) is 3.63. The number of nitrogens with one attached hydrogen (secondary N) is 2. The fourth-order valence-corrected chi connectivity index (χ4v) is 5.16. The van der Waals surface area contributed by atoms with Crippen molar-refractivity contribution in [3.63, 3.8) is 0 Å². The lowest BCUT2D eigenvalue weighted by molar-refractivity contribution is -0.143. The summed E-state index contributed by atoms with van der Waals surface area (Å²) in [5.41, 5.74) is 0.526. The van der Waals surface area contributed by atoms with Crippen molar-refractivity contribution < 1.29 is 23.1 Å². The Balaban J connectivity index is 2.01. The van der Waals surface area contributed by atoms with Gasteiger partial charge in [0.2, 0.25) is 15.9 Å². The Kier molecular flexibility index (Phi) is 5.48. The van der Waals surface area contributed by atoms with Gasteiger partial charge in [-0.3, -0.25) is 9.59 Å². The fraction of sp³-hybridized carbons (Fsp3) is 0.368. The van der Waals surface area contributed by atoms with Gasteiger partial charge < -0.3 is 10.4 Å². The molecule has 144 valence electrons. The van der Waals surface area contributed by atoms with Crippen LogP contribution in [0.1, 0.15) is 32.6 Å². The summed E-state index contributed by atoms with van der Waals surface area (Å²) < 4.78 is 28.6. The van der Waals surface area contributed by atoms with Gasteiger partial charge in [0.25, 0.3) is 0 Å². The molecule has 1 aliphatic carbocycles. The van der Waals surface area contributed by atoms with E-state index in [9.17, 15) is 23.1 Å². The van der Waals surface area contributed by atoms with E-state index < -0.39 is 28.0 Å².